The lowest BCUT2D eigenvalue weighted by Crippen LogP contribution is -2.34. The topological polar surface area (TPSA) is 16.8 Å². The molecule has 0 atom stereocenters. The molecule has 0 saturated heterocycles. The van der Waals surface area contributed by atoms with E-state index in [0.29, 0.717) is 0 Å². The zero-order chi connectivity index (χ0) is 15.5. The largest absolute Gasteiger partial charge is 0.364 e. The van der Waals surface area contributed by atoms with Crippen LogP contribution in [0.4, 0.5) is 0 Å². The molecule has 3 aromatic rings. The van der Waals surface area contributed by atoms with Crippen LogP contribution in [0.5, 0.6) is 0 Å². The van der Waals surface area contributed by atoms with Gasteiger partial charge in [0.2, 0.25) is 0 Å². The van der Waals surface area contributed by atoms with Gasteiger partial charge in [0, 0.05) is 16.1 Å². The molecule has 2 nitrogen and oxygen atoms in total. The molecule has 0 fully saturated rings. The van der Waals surface area contributed by atoms with Gasteiger partial charge in [-0.3, -0.25) is 0 Å². The van der Waals surface area contributed by atoms with Crippen LogP contribution in [0, 0.1) is 6.92 Å². The Kier molecular flexibility index (Phi) is 4.60. The predicted molar refractivity (Wildman–Crippen MR) is 95.4 cm³/mol. The summed E-state index contributed by atoms with van der Waals surface area (Å²) in [6.45, 7) is 2.09. The van der Waals surface area contributed by atoms with Crippen LogP contribution in [0.25, 0.3) is 16.9 Å². The third-order valence-corrected chi connectivity index (χ3v) is 4.62. The molecule has 0 spiro atoms. The molecule has 110 valence electrons. The number of aryl methyl sites for hydroxylation is 1. The van der Waals surface area contributed by atoms with Crippen molar-refractivity contribution in [1.82, 2.24) is 4.98 Å². The van der Waals surface area contributed by atoms with E-state index in [1.54, 1.807) is 11.8 Å². The molecule has 0 N–H and O–H groups in total. The summed E-state index contributed by atoms with van der Waals surface area (Å²) >= 11 is 5.12. The molecule has 0 aliphatic rings. The first-order valence-electron chi connectivity index (χ1n) is 6.97. The molecule has 0 radical (unpaired) electrons. The first-order chi connectivity index (χ1) is 10.7. The Balaban J connectivity index is 2.04. The maximum atomic E-state index is 4.80. The summed E-state index contributed by atoms with van der Waals surface area (Å²) in [5.41, 5.74) is 4.51. The Morgan fingerprint density at radius 2 is 1.64 bits per heavy atom. The average Bonchev–Trinajstić information content (AvgIpc) is 2.56. The van der Waals surface area contributed by atoms with Gasteiger partial charge >= 0.3 is 5.16 Å². The van der Waals surface area contributed by atoms with Crippen molar-refractivity contribution < 1.29 is 4.57 Å². The molecule has 0 aliphatic carbocycles. The van der Waals surface area contributed by atoms with Gasteiger partial charge in [0.15, 0.2) is 5.69 Å². The highest BCUT2D eigenvalue weighted by Crippen LogP contribution is 2.20. The fourth-order valence-electron chi connectivity index (χ4n) is 2.23. The van der Waals surface area contributed by atoms with E-state index in [2.05, 4.69) is 82.3 Å². The Labute approximate surface area is 143 Å². The molecule has 2 aromatic carbocycles. The third kappa shape index (κ3) is 3.23. The number of hydrogen-bond acceptors (Lipinski definition) is 2. The fourth-order valence-corrected chi connectivity index (χ4v) is 3.05. The molecule has 0 amide bonds. The normalized spacial score (nSPS) is 10.7. The van der Waals surface area contributed by atoms with Crippen molar-refractivity contribution >= 4 is 27.7 Å². The van der Waals surface area contributed by atoms with Crippen LogP contribution in [0.2, 0.25) is 0 Å². The van der Waals surface area contributed by atoms with Gasteiger partial charge in [0.1, 0.15) is 11.9 Å². The number of thioether (sulfide) groups is 1. The van der Waals surface area contributed by atoms with Gasteiger partial charge in [-0.1, -0.05) is 45.8 Å². The third-order valence-electron chi connectivity index (χ3n) is 3.44. The van der Waals surface area contributed by atoms with Gasteiger partial charge in [-0.15, -0.1) is 0 Å². The van der Waals surface area contributed by atoms with Crippen LogP contribution in [-0.2, 0) is 0 Å². The van der Waals surface area contributed by atoms with Crippen molar-refractivity contribution in [3.63, 3.8) is 0 Å². The highest BCUT2D eigenvalue weighted by Gasteiger charge is 2.16. The van der Waals surface area contributed by atoms with Crippen LogP contribution in [0.1, 0.15) is 5.56 Å². The summed E-state index contributed by atoms with van der Waals surface area (Å²) in [6, 6.07) is 18.8. The predicted octanol–water partition coefficient (Wildman–Crippen LogP) is 4.82. The van der Waals surface area contributed by atoms with Crippen molar-refractivity contribution in [3.05, 3.63) is 70.8 Å². The Morgan fingerprint density at radius 3 is 2.27 bits per heavy atom. The van der Waals surface area contributed by atoms with Crippen LogP contribution < -0.4 is 4.57 Å². The molecule has 0 saturated carbocycles. The summed E-state index contributed by atoms with van der Waals surface area (Å²) in [5, 5.41) is 0.973. The summed E-state index contributed by atoms with van der Waals surface area (Å²) in [7, 11) is 0. The van der Waals surface area contributed by atoms with Crippen molar-refractivity contribution in [3.8, 4) is 16.9 Å². The van der Waals surface area contributed by atoms with Gasteiger partial charge in [-0.25, -0.2) is 0 Å². The number of nitrogens with zero attached hydrogens (tertiary/aromatic N) is 2. The molecule has 3 rings (SSSR count). The van der Waals surface area contributed by atoms with Crippen LogP contribution >= 0.6 is 27.7 Å². The molecule has 0 bridgehead atoms. The molecule has 0 unspecified atom stereocenters. The van der Waals surface area contributed by atoms with Crippen LogP contribution in [-0.4, -0.2) is 11.2 Å². The summed E-state index contributed by atoms with van der Waals surface area (Å²) < 4.78 is 3.18. The number of halogens is 1. The van der Waals surface area contributed by atoms with Gasteiger partial charge in [0.05, 0.1) is 0 Å². The van der Waals surface area contributed by atoms with E-state index in [0.717, 1.165) is 26.6 Å². The zero-order valence-corrected chi connectivity index (χ0v) is 14.9. The standard InChI is InChI=1S/C18H16BrN2S/c1-13-3-5-14(6-4-13)17-11-12-21(18(20-17)22-2)16-9-7-15(19)8-10-16/h3-12H,1-2H3/q+1. The van der Waals surface area contributed by atoms with Crippen LogP contribution in [0.3, 0.4) is 0 Å². The Morgan fingerprint density at radius 1 is 0.955 bits per heavy atom. The highest BCUT2D eigenvalue weighted by atomic mass is 79.9. The van der Waals surface area contributed by atoms with E-state index in [1.807, 2.05) is 12.1 Å². The van der Waals surface area contributed by atoms with E-state index in [-0.39, 0.29) is 0 Å². The second-order valence-corrected chi connectivity index (χ2v) is 6.70. The second-order valence-electron chi connectivity index (χ2n) is 5.01. The monoisotopic (exact) mass is 371 g/mol. The van der Waals surface area contributed by atoms with Crippen LogP contribution in [0.15, 0.2) is 70.4 Å². The minimum absolute atomic E-state index is 0.973. The number of benzene rings is 2. The van der Waals surface area contributed by atoms with Gasteiger partial charge in [-0.2, -0.15) is 4.57 Å². The minimum atomic E-state index is 0.973. The summed E-state index contributed by atoms with van der Waals surface area (Å²) in [4.78, 5) is 4.80. The maximum Gasteiger partial charge on any atom is 0.364 e. The van der Waals surface area contributed by atoms with Gasteiger partial charge in [-0.05, 0) is 54.2 Å². The van der Waals surface area contributed by atoms with E-state index >= 15 is 0 Å². The lowest BCUT2D eigenvalue weighted by molar-refractivity contribution is -0.640. The molecular weight excluding hydrogens is 356 g/mol. The Bertz CT molecular complexity index is 783. The molecule has 0 aliphatic heterocycles. The number of rotatable bonds is 3. The first kappa shape index (κ1) is 15.3. The maximum absolute atomic E-state index is 4.80. The average molecular weight is 372 g/mol. The van der Waals surface area contributed by atoms with E-state index in [1.165, 1.54) is 5.56 Å². The van der Waals surface area contributed by atoms with E-state index in [4.69, 9.17) is 4.98 Å². The zero-order valence-electron chi connectivity index (χ0n) is 12.5. The fraction of sp³-hybridized carbons (Fsp3) is 0.111. The lowest BCUT2D eigenvalue weighted by atomic mass is 10.1. The number of hydrogen-bond donors (Lipinski definition) is 0. The molecule has 22 heavy (non-hydrogen) atoms. The number of aromatic nitrogens is 2. The van der Waals surface area contributed by atoms with Crippen molar-refractivity contribution in [2.45, 2.75) is 12.1 Å². The summed E-state index contributed by atoms with van der Waals surface area (Å²) in [6.07, 6.45) is 4.13. The lowest BCUT2D eigenvalue weighted by Gasteiger charge is -2.04. The molecular formula is C18H16BrN2S+. The van der Waals surface area contributed by atoms with E-state index in [9.17, 15) is 0 Å². The first-order valence-corrected chi connectivity index (χ1v) is 8.99. The van der Waals surface area contributed by atoms with Crippen molar-refractivity contribution in [2.75, 3.05) is 6.26 Å². The van der Waals surface area contributed by atoms with Crippen molar-refractivity contribution in [2.24, 2.45) is 0 Å². The van der Waals surface area contributed by atoms with Gasteiger partial charge in [0.25, 0.3) is 0 Å². The summed E-state index contributed by atoms with van der Waals surface area (Å²) in [5.74, 6) is 0. The highest BCUT2D eigenvalue weighted by molar-refractivity contribution is 9.10. The smallest absolute Gasteiger partial charge is 0.191 e. The second kappa shape index (κ2) is 6.63. The van der Waals surface area contributed by atoms with Crippen molar-refractivity contribution in [1.29, 1.82) is 0 Å². The molecule has 1 heterocycles. The van der Waals surface area contributed by atoms with E-state index < -0.39 is 0 Å². The SMILES string of the molecule is CSc1nc(-c2ccc(C)cc2)cc[n+]1-c1ccc(Br)cc1. The molecule has 1 aromatic heterocycles. The van der Waals surface area contributed by atoms with Gasteiger partial charge < -0.3 is 0 Å². The quantitative estimate of drug-likeness (QED) is 0.373. The minimum Gasteiger partial charge on any atom is -0.191 e. The Hall–Kier alpha value is -1.65. The molecule has 4 heteroatoms.